The fourth-order valence-corrected chi connectivity index (χ4v) is 3.74. The van der Waals surface area contributed by atoms with Crippen molar-refractivity contribution >= 4 is 29.0 Å². The minimum absolute atomic E-state index is 0.0316. The second kappa shape index (κ2) is 13.2. The van der Waals surface area contributed by atoms with Crippen LogP contribution in [0.5, 0.6) is 5.75 Å². The number of nitrogens with one attached hydrogen (secondary N) is 1. The molecular weight excluding hydrogens is 629 g/mol. The van der Waals surface area contributed by atoms with Crippen LogP contribution >= 0.6 is 0 Å². The Morgan fingerprint density at radius 1 is 0.689 bits per heavy atom. The van der Waals surface area contributed by atoms with Crippen LogP contribution in [0.2, 0.25) is 0 Å². The lowest BCUT2D eigenvalue weighted by Gasteiger charge is -2.14. The van der Waals surface area contributed by atoms with Crippen LogP contribution in [-0.2, 0) is 17.1 Å². The molecule has 3 aromatic carbocycles. The van der Waals surface area contributed by atoms with Crippen molar-refractivity contribution < 1.29 is 68.5 Å². The third-order valence-electron chi connectivity index (χ3n) is 5.82. The Balaban J connectivity index is 2.07. The van der Waals surface area contributed by atoms with Crippen LogP contribution in [0.4, 0.5) is 39.5 Å². The molecule has 0 atom stereocenters. The quantitative estimate of drug-likeness (QED) is 0.140. The van der Waals surface area contributed by atoms with Gasteiger partial charge in [0.2, 0.25) is 0 Å². The number of amides is 1. The maximum atomic E-state index is 13.4. The molecule has 16 heteroatoms. The van der Waals surface area contributed by atoms with Gasteiger partial charge in [-0.2, -0.15) is 26.3 Å². The van der Waals surface area contributed by atoms with Gasteiger partial charge < -0.3 is 15.2 Å². The number of alkyl halides is 9. The number of ether oxygens (including phenoxy) is 1. The molecule has 0 saturated heterocycles. The maximum absolute atomic E-state index is 13.4. The van der Waals surface area contributed by atoms with Crippen molar-refractivity contribution in [1.82, 2.24) is 5.32 Å². The fourth-order valence-electron chi connectivity index (χ4n) is 3.74. The molecule has 0 aliphatic carbocycles. The maximum Gasteiger partial charge on any atom is 0.573 e. The van der Waals surface area contributed by atoms with Gasteiger partial charge in [0.1, 0.15) is 5.75 Å². The van der Waals surface area contributed by atoms with Crippen LogP contribution in [0.1, 0.15) is 54.2 Å². The highest BCUT2D eigenvalue weighted by Gasteiger charge is 2.37. The summed E-state index contributed by atoms with van der Waals surface area (Å²) >= 11 is 0. The van der Waals surface area contributed by atoms with Crippen LogP contribution < -0.4 is 10.1 Å². The lowest BCUT2D eigenvalue weighted by Crippen LogP contribution is -2.26. The van der Waals surface area contributed by atoms with E-state index < -0.39 is 70.2 Å². The molecular formula is C29H18F9NO6. The topological polar surface area (TPSA) is 110 Å². The SMILES string of the molecule is O=C(O)CCNC(=O)c1ccc(C(=O)/C(=C\C(=O)c2cc(C(F)(F)F)cc(C(F)(F)F)c2)c2ccc(OC(F)(F)F)cc2)cc1. The van der Waals surface area contributed by atoms with Crippen molar-refractivity contribution in [1.29, 1.82) is 0 Å². The molecule has 0 aromatic heterocycles. The molecule has 0 heterocycles. The summed E-state index contributed by atoms with van der Waals surface area (Å²) in [4.78, 5) is 49.3. The summed E-state index contributed by atoms with van der Waals surface area (Å²) < 4.78 is 121. The van der Waals surface area contributed by atoms with Crippen molar-refractivity contribution in [3.63, 3.8) is 0 Å². The molecule has 3 aromatic rings. The largest absolute Gasteiger partial charge is 0.573 e. The molecule has 0 radical (unpaired) electrons. The van der Waals surface area contributed by atoms with Crippen molar-refractivity contribution in [2.45, 2.75) is 25.1 Å². The van der Waals surface area contributed by atoms with Crippen molar-refractivity contribution in [3.8, 4) is 5.75 Å². The summed E-state index contributed by atoms with van der Waals surface area (Å²) in [6, 6.07) is 7.83. The van der Waals surface area contributed by atoms with Gasteiger partial charge in [0.25, 0.3) is 5.91 Å². The standard InChI is InChI=1S/C29H18F9NO6/c30-27(31,32)19-11-18(12-20(13-19)28(33,34)35)23(40)14-22(15-5-7-21(8-6-15)45-29(36,37)38)25(43)16-1-3-17(4-2-16)26(44)39-10-9-24(41)42/h1-8,11-14H,9-10H2,(H,39,44)(H,41,42)/b22-14-. The van der Waals surface area contributed by atoms with Crippen LogP contribution in [-0.4, -0.2) is 41.5 Å². The first-order valence-electron chi connectivity index (χ1n) is 12.3. The van der Waals surface area contributed by atoms with Gasteiger partial charge >= 0.3 is 24.7 Å². The van der Waals surface area contributed by atoms with Gasteiger partial charge in [0, 0.05) is 28.8 Å². The van der Waals surface area contributed by atoms with E-state index in [0.29, 0.717) is 6.08 Å². The van der Waals surface area contributed by atoms with Crippen LogP contribution in [0, 0.1) is 0 Å². The average Bonchev–Trinajstić information content (AvgIpc) is 2.94. The molecule has 1 amide bonds. The number of carbonyl (C=O) groups excluding carboxylic acids is 3. The van der Waals surface area contributed by atoms with Crippen LogP contribution in [0.15, 0.2) is 72.8 Å². The van der Waals surface area contributed by atoms with Gasteiger partial charge in [-0.3, -0.25) is 19.2 Å². The Hall–Kier alpha value is -5.15. The Morgan fingerprint density at radius 2 is 1.18 bits per heavy atom. The molecule has 3 rings (SSSR count). The second-order valence-corrected chi connectivity index (χ2v) is 9.10. The molecule has 45 heavy (non-hydrogen) atoms. The van der Waals surface area contributed by atoms with E-state index in [1.807, 2.05) is 0 Å². The highest BCUT2D eigenvalue weighted by Crippen LogP contribution is 2.37. The predicted octanol–water partition coefficient (Wildman–Crippen LogP) is 6.98. The first-order valence-corrected chi connectivity index (χ1v) is 12.3. The van der Waals surface area contributed by atoms with Gasteiger partial charge in [0.15, 0.2) is 11.6 Å². The number of allylic oxidation sites excluding steroid dienone is 2. The third kappa shape index (κ3) is 9.67. The van der Waals surface area contributed by atoms with Crippen molar-refractivity contribution in [3.05, 3.63) is 106 Å². The zero-order chi connectivity index (χ0) is 33.7. The molecule has 0 saturated carbocycles. The van der Waals surface area contributed by atoms with Crippen molar-refractivity contribution in [2.75, 3.05) is 6.54 Å². The second-order valence-electron chi connectivity index (χ2n) is 9.10. The van der Waals surface area contributed by atoms with Gasteiger partial charge in [-0.15, -0.1) is 13.2 Å². The number of ketones is 2. The smallest absolute Gasteiger partial charge is 0.481 e. The normalized spacial score (nSPS) is 12.4. The first-order chi connectivity index (χ1) is 20.7. The number of Topliss-reactive ketones (excluding diaryl/α,β-unsaturated/α-hetero) is 1. The molecule has 0 bridgehead atoms. The summed E-state index contributed by atoms with van der Waals surface area (Å²) in [5.74, 6) is -5.15. The summed E-state index contributed by atoms with van der Waals surface area (Å²) in [5.41, 5.74) is -5.86. The molecule has 0 aliphatic rings. The van der Waals surface area contributed by atoms with Gasteiger partial charge in [-0.05, 0) is 54.1 Å². The number of benzene rings is 3. The van der Waals surface area contributed by atoms with E-state index >= 15 is 0 Å². The number of hydrogen-bond donors (Lipinski definition) is 2. The van der Waals surface area contributed by atoms with E-state index in [0.717, 1.165) is 48.5 Å². The summed E-state index contributed by atoms with van der Waals surface area (Å²) in [7, 11) is 0. The number of rotatable bonds is 10. The fraction of sp³-hybridized carbons (Fsp3) is 0.172. The Kier molecular flexibility index (Phi) is 10.1. The number of carbonyl (C=O) groups is 4. The average molecular weight is 647 g/mol. The molecule has 0 unspecified atom stereocenters. The lowest BCUT2D eigenvalue weighted by atomic mass is 9.93. The van der Waals surface area contributed by atoms with E-state index in [2.05, 4.69) is 10.1 Å². The first kappa shape index (κ1) is 34.3. The summed E-state index contributed by atoms with van der Waals surface area (Å²) in [6.07, 6.45) is -15.6. The predicted molar refractivity (Wildman–Crippen MR) is 137 cm³/mol. The Morgan fingerprint density at radius 3 is 1.64 bits per heavy atom. The molecule has 0 aliphatic heterocycles. The van der Waals surface area contributed by atoms with Gasteiger partial charge in [-0.25, -0.2) is 0 Å². The summed E-state index contributed by atoms with van der Waals surface area (Å²) in [6.45, 7) is -0.219. The van der Waals surface area contributed by atoms with Gasteiger partial charge in [-0.1, -0.05) is 24.3 Å². The highest BCUT2D eigenvalue weighted by atomic mass is 19.4. The zero-order valence-corrected chi connectivity index (χ0v) is 22.2. The summed E-state index contributed by atoms with van der Waals surface area (Å²) in [5, 5.41) is 11.0. The van der Waals surface area contributed by atoms with E-state index in [1.165, 1.54) is 0 Å². The van der Waals surface area contributed by atoms with E-state index in [1.54, 1.807) is 0 Å². The van der Waals surface area contributed by atoms with E-state index in [4.69, 9.17) is 5.11 Å². The van der Waals surface area contributed by atoms with Crippen molar-refractivity contribution in [2.24, 2.45) is 0 Å². The number of carboxylic acids is 1. The monoisotopic (exact) mass is 647 g/mol. The minimum atomic E-state index is -5.28. The number of halogens is 9. The Bertz CT molecular complexity index is 1590. The van der Waals surface area contributed by atoms with E-state index in [-0.39, 0.29) is 47.9 Å². The number of carboxylic acid groups (broad SMARTS) is 1. The molecule has 238 valence electrons. The molecule has 7 nitrogen and oxygen atoms in total. The van der Waals surface area contributed by atoms with Crippen LogP contribution in [0.25, 0.3) is 5.57 Å². The van der Waals surface area contributed by atoms with Crippen LogP contribution in [0.3, 0.4) is 0 Å². The number of aliphatic carboxylic acids is 1. The lowest BCUT2D eigenvalue weighted by molar-refractivity contribution is -0.274. The highest BCUT2D eigenvalue weighted by molar-refractivity contribution is 6.32. The minimum Gasteiger partial charge on any atom is -0.481 e. The number of hydrogen-bond acceptors (Lipinski definition) is 5. The third-order valence-corrected chi connectivity index (χ3v) is 5.82. The Labute approximate surface area is 246 Å². The van der Waals surface area contributed by atoms with E-state index in [9.17, 15) is 58.7 Å². The molecule has 0 fully saturated rings. The molecule has 0 spiro atoms. The van der Waals surface area contributed by atoms with Gasteiger partial charge in [0.05, 0.1) is 17.5 Å². The molecule has 2 N–H and O–H groups in total. The zero-order valence-electron chi connectivity index (χ0n) is 22.2.